The van der Waals surface area contributed by atoms with E-state index >= 15 is 0 Å². The predicted octanol–water partition coefficient (Wildman–Crippen LogP) is 8.43. The molecule has 0 bridgehead atoms. The Morgan fingerprint density at radius 2 is 1.25 bits per heavy atom. The number of esters is 2. The molecule has 0 aliphatic rings. The zero-order valence-corrected chi connectivity index (χ0v) is 28.3. The second-order valence-corrected chi connectivity index (χ2v) is 12.2. The van der Waals surface area contributed by atoms with Crippen LogP contribution in [0.25, 0.3) is 0 Å². The smallest absolute Gasteiger partial charge is 0.462 e. The number of hydrogen-bond acceptors (Lipinski definition) is 8. The van der Waals surface area contributed by atoms with Gasteiger partial charge in [-0.25, -0.2) is 4.57 Å². The average Bonchev–Trinajstić information content (AvgIpc) is 3.00. The van der Waals surface area contributed by atoms with Gasteiger partial charge < -0.3 is 20.1 Å². The molecule has 44 heavy (non-hydrogen) atoms. The summed E-state index contributed by atoms with van der Waals surface area (Å²) < 4.78 is 32.4. The number of hydrogen-bond donors (Lipinski definition) is 2. The molecule has 0 saturated carbocycles. The van der Waals surface area contributed by atoms with Crippen LogP contribution in [0, 0.1) is 0 Å². The number of carbonyl (C=O) groups excluding carboxylic acids is 2. The van der Waals surface area contributed by atoms with Gasteiger partial charge in [0.25, 0.3) is 0 Å². The first-order chi connectivity index (χ1) is 21.3. The van der Waals surface area contributed by atoms with E-state index in [4.69, 9.17) is 24.3 Å². The summed E-state index contributed by atoms with van der Waals surface area (Å²) in [6.45, 7) is 3.49. The van der Waals surface area contributed by atoms with Gasteiger partial charge in [-0.3, -0.25) is 18.6 Å². The minimum atomic E-state index is -4.37. The molecule has 0 aromatic carbocycles. The van der Waals surface area contributed by atoms with Crippen LogP contribution in [-0.2, 0) is 32.7 Å². The summed E-state index contributed by atoms with van der Waals surface area (Å²) in [4.78, 5) is 34.5. The normalized spacial score (nSPS) is 14.2. The molecule has 0 fully saturated rings. The van der Waals surface area contributed by atoms with Crippen molar-refractivity contribution in [1.82, 2.24) is 0 Å². The summed E-state index contributed by atoms with van der Waals surface area (Å²) in [5.74, 6) is -0.867. The van der Waals surface area contributed by atoms with E-state index in [1.807, 2.05) is 30.4 Å². The fraction of sp³-hybridized carbons (Fsp3) is 0.706. The minimum absolute atomic E-state index is 0.0476. The van der Waals surface area contributed by atoms with Crippen LogP contribution in [0.1, 0.15) is 123 Å². The van der Waals surface area contributed by atoms with E-state index in [1.54, 1.807) is 0 Å². The van der Waals surface area contributed by atoms with E-state index in [0.717, 1.165) is 57.8 Å². The lowest BCUT2D eigenvalue weighted by Crippen LogP contribution is -2.29. The highest BCUT2D eigenvalue weighted by Gasteiger charge is 2.25. The van der Waals surface area contributed by atoms with Gasteiger partial charge in [0.05, 0.1) is 13.2 Å². The highest BCUT2D eigenvalue weighted by molar-refractivity contribution is 7.47. The van der Waals surface area contributed by atoms with E-state index in [2.05, 4.69) is 32.1 Å². The maximum Gasteiger partial charge on any atom is 0.472 e. The molecule has 9 nitrogen and oxygen atoms in total. The van der Waals surface area contributed by atoms with Crippen LogP contribution >= 0.6 is 7.82 Å². The molecule has 2 atom stereocenters. The van der Waals surface area contributed by atoms with Crippen molar-refractivity contribution >= 4 is 19.8 Å². The van der Waals surface area contributed by atoms with Crippen molar-refractivity contribution in [2.75, 3.05) is 26.4 Å². The van der Waals surface area contributed by atoms with Crippen molar-refractivity contribution in [1.29, 1.82) is 0 Å². The maximum atomic E-state index is 12.4. The first-order valence-corrected chi connectivity index (χ1v) is 18.2. The number of phosphoric ester groups is 1. The Balaban J connectivity index is 4.34. The van der Waals surface area contributed by atoms with Gasteiger partial charge in [-0.1, -0.05) is 127 Å². The second-order valence-electron chi connectivity index (χ2n) is 10.7. The summed E-state index contributed by atoms with van der Waals surface area (Å²) in [5, 5.41) is 0. The van der Waals surface area contributed by atoms with Gasteiger partial charge in [0.15, 0.2) is 6.10 Å². The molecule has 0 aromatic heterocycles. The van der Waals surface area contributed by atoms with Crippen LogP contribution in [0.15, 0.2) is 48.6 Å². The molecule has 0 heterocycles. The highest BCUT2D eigenvalue weighted by atomic mass is 31.2. The van der Waals surface area contributed by atoms with Gasteiger partial charge in [0, 0.05) is 19.4 Å². The Kier molecular flexibility index (Phi) is 29.5. The van der Waals surface area contributed by atoms with Crippen LogP contribution in [-0.4, -0.2) is 49.3 Å². The molecule has 0 saturated heterocycles. The molecule has 0 aromatic rings. The van der Waals surface area contributed by atoms with Gasteiger partial charge in [0.2, 0.25) is 0 Å². The molecule has 0 amide bonds. The largest absolute Gasteiger partial charge is 0.472 e. The molecule has 1 unspecified atom stereocenters. The molecular weight excluding hydrogens is 581 g/mol. The standard InChI is InChI=1S/C34H60NO8P/c1-3-5-7-9-11-13-14-15-16-17-18-19-21-23-25-27-34(37)43-32(31-42-44(38,39)41-29-28-35)30-40-33(36)26-24-22-20-12-10-8-6-4-2/h5,7,9,11,13-16,32H,3-4,6,8,10,12,17-31,35H2,1-2H3,(H,38,39)/b7-5+,11-9+,14-13+,16-15+/t32-/m1/s1. The van der Waals surface area contributed by atoms with Crippen LogP contribution in [0.2, 0.25) is 0 Å². The molecule has 254 valence electrons. The number of allylic oxidation sites excluding steroid dienone is 8. The minimum Gasteiger partial charge on any atom is -0.462 e. The summed E-state index contributed by atoms with van der Waals surface area (Å²) in [6.07, 6.45) is 31.5. The van der Waals surface area contributed by atoms with Gasteiger partial charge in [-0.15, -0.1) is 0 Å². The summed E-state index contributed by atoms with van der Waals surface area (Å²) in [5.41, 5.74) is 5.31. The second kappa shape index (κ2) is 31.0. The molecule has 0 aliphatic carbocycles. The third-order valence-corrected chi connectivity index (χ3v) is 7.56. The molecule has 3 N–H and O–H groups in total. The lowest BCUT2D eigenvalue weighted by molar-refractivity contribution is -0.161. The number of nitrogens with two attached hydrogens (primary N) is 1. The van der Waals surface area contributed by atoms with Crippen molar-refractivity contribution in [3.05, 3.63) is 48.6 Å². The fourth-order valence-electron chi connectivity index (χ4n) is 4.11. The van der Waals surface area contributed by atoms with E-state index in [0.29, 0.717) is 6.42 Å². The summed E-state index contributed by atoms with van der Waals surface area (Å²) in [7, 11) is -4.37. The molecule has 0 radical (unpaired) electrons. The number of carbonyl (C=O) groups is 2. The van der Waals surface area contributed by atoms with Gasteiger partial charge in [0.1, 0.15) is 6.61 Å². The number of ether oxygens (including phenoxy) is 2. The number of phosphoric acid groups is 1. The number of unbranched alkanes of at least 4 members (excludes halogenated alkanes) is 12. The number of rotatable bonds is 30. The van der Waals surface area contributed by atoms with E-state index in [9.17, 15) is 19.0 Å². The zero-order chi connectivity index (χ0) is 32.6. The van der Waals surface area contributed by atoms with Crippen LogP contribution < -0.4 is 5.73 Å². The van der Waals surface area contributed by atoms with Crippen molar-refractivity contribution in [3.63, 3.8) is 0 Å². The first kappa shape index (κ1) is 42.0. The lowest BCUT2D eigenvalue weighted by Gasteiger charge is -2.19. The third kappa shape index (κ3) is 30.0. The van der Waals surface area contributed by atoms with Gasteiger partial charge >= 0.3 is 19.8 Å². The molecular formula is C34H60NO8P. The van der Waals surface area contributed by atoms with Crippen LogP contribution in [0.4, 0.5) is 0 Å². The van der Waals surface area contributed by atoms with Crippen molar-refractivity contribution < 1.29 is 37.6 Å². The Bertz CT molecular complexity index is 871. The monoisotopic (exact) mass is 641 g/mol. The van der Waals surface area contributed by atoms with Crippen LogP contribution in [0.5, 0.6) is 0 Å². The lowest BCUT2D eigenvalue weighted by atomic mass is 10.1. The van der Waals surface area contributed by atoms with Crippen molar-refractivity contribution in [2.45, 2.75) is 129 Å². The van der Waals surface area contributed by atoms with E-state index < -0.39 is 32.5 Å². The molecule has 0 spiro atoms. The zero-order valence-electron chi connectivity index (χ0n) is 27.4. The van der Waals surface area contributed by atoms with E-state index in [1.165, 1.54) is 32.1 Å². The molecule has 0 aliphatic heterocycles. The topological polar surface area (TPSA) is 134 Å². The fourth-order valence-corrected chi connectivity index (χ4v) is 4.88. The Morgan fingerprint density at radius 3 is 1.86 bits per heavy atom. The van der Waals surface area contributed by atoms with Crippen LogP contribution in [0.3, 0.4) is 0 Å². The van der Waals surface area contributed by atoms with E-state index in [-0.39, 0.29) is 32.6 Å². The highest BCUT2D eigenvalue weighted by Crippen LogP contribution is 2.43. The molecule has 0 rings (SSSR count). The predicted molar refractivity (Wildman–Crippen MR) is 178 cm³/mol. The van der Waals surface area contributed by atoms with Gasteiger partial charge in [-0.2, -0.15) is 0 Å². The summed E-state index contributed by atoms with van der Waals surface area (Å²) in [6, 6.07) is 0. The quantitative estimate of drug-likeness (QED) is 0.0343. The average molecular weight is 642 g/mol. The maximum absolute atomic E-state index is 12.4. The SMILES string of the molecule is CC/C=C/C=C/C=C/C=C/CCCCCCCC(=O)O[C@H](COC(=O)CCCCCCCCCC)COP(=O)(O)OCCN. The van der Waals surface area contributed by atoms with Gasteiger partial charge in [-0.05, 0) is 32.1 Å². The van der Waals surface area contributed by atoms with Crippen molar-refractivity contribution in [3.8, 4) is 0 Å². The third-order valence-electron chi connectivity index (χ3n) is 6.57. The van der Waals surface area contributed by atoms with Crippen molar-refractivity contribution in [2.24, 2.45) is 5.73 Å². The first-order valence-electron chi connectivity index (χ1n) is 16.7. The Labute approximate surface area is 266 Å². The Hall–Kier alpha value is -2.03. The Morgan fingerprint density at radius 1 is 0.705 bits per heavy atom. The summed E-state index contributed by atoms with van der Waals surface area (Å²) >= 11 is 0. The molecule has 10 heteroatoms.